The van der Waals surface area contributed by atoms with Crippen LogP contribution in [0.25, 0.3) is 0 Å². The van der Waals surface area contributed by atoms with Crippen molar-refractivity contribution in [1.29, 1.82) is 0 Å². The largest absolute Gasteiger partial charge is 0.481 e. The van der Waals surface area contributed by atoms with E-state index in [0.717, 1.165) is 0 Å². The van der Waals surface area contributed by atoms with Gasteiger partial charge in [-0.1, -0.05) is 12.2 Å². The van der Waals surface area contributed by atoms with E-state index in [2.05, 4.69) is 9.71 Å². The molecule has 0 saturated heterocycles. The van der Waals surface area contributed by atoms with Crippen molar-refractivity contribution in [3.05, 3.63) is 24.2 Å². The lowest BCUT2D eigenvalue weighted by Gasteiger charge is -2.13. The number of aromatic nitrogens is 2. The van der Waals surface area contributed by atoms with E-state index in [1.165, 1.54) is 16.8 Å². The lowest BCUT2D eigenvalue weighted by molar-refractivity contribution is -0.140. The molecule has 1 aromatic heterocycles. The molecule has 104 valence electrons. The Labute approximate surface area is 111 Å². The molecule has 0 amide bonds. The number of rotatable bonds is 4. The molecule has 0 bridgehead atoms. The number of nitrogens with one attached hydrogen (secondary N) is 1. The van der Waals surface area contributed by atoms with Gasteiger partial charge in [0.1, 0.15) is 5.82 Å². The van der Waals surface area contributed by atoms with Gasteiger partial charge in [0.05, 0.1) is 12.1 Å². The summed E-state index contributed by atoms with van der Waals surface area (Å²) in [6.45, 7) is 1.70. The Morgan fingerprint density at radius 2 is 2.21 bits per heavy atom. The molecule has 0 aromatic carbocycles. The predicted molar refractivity (Wildman–Crippen MR) is 66.9 cm³/mol. The first-order chi connectivity index (χ1) is 8.81. The Morgan fingerprint density at radius 3 is 2.68 bits per heavy atom. The standard InChI is InChI=1S/C11H15N3O4S/c1-7-12-6-10(14(7)2)19(17,18)13-9-4-3-8(5-9)11(15)16/h3-4,6,8-9,13H,5H2,1-2H3,(H,15,16). The van der Waals surface area contributed by atoms with Crippen molar-refractivity contribution in [2.45, 2.75) is 24.4 Å². The van der Waals surface area contributed by atoms with E-state index in [1.54, 1.807) is 20.0 Å². The zero-order chi connectivity index (χ0) is 14.2. The van der Waals surface area contributed by atoms with Crippen molar-refractivity contribution in [1.82, 2.24) is 14.3 Å². The van der Waals surface area contributed by atoms with Crippen LogP contribution in [0.5, 0.6) is 0 Å². The number of carbonyl (C=O) groups is 1. The molecule has 1 aliphatic rings. The molecule has 0 aliphatic heterocycles. The molecule has 2 unspecified atom stereocenters. The van der Waals surface area contributed by atoms with Crippen LogP contribution >= 0.6 is 0 Å². The van der Waals surface area contributed by atoms with Crippen LogP contribution in [0.4, 0.5) is 0 Å². The van der Waals surface area contributed by atoms with Crippen molar-refractivity contribution >= 4 is 16.0 Å². The number of sulfonamides is 1. The van der Waals surface area contributed by atoms with Gasteiger partial charge >= 0.3 is 5.97 Å². The van der Waals surface area contributed by atoms with Gasteiger partial charge in [0.15, 0.2) is 5.03 Å². The van der Waals surface area contributed by atoms with Gasteiger partial charge in [0, 0.05) is 13.1 Å². The second-order valence-corrected chi connectivity index (χ2v) is 6.16. The zero-order valence-corrected chi connectivity index (χ0v) is 11.4. The molecular weight excluding hydrogens is 270 g/mol. The van der Waals surface area contributed by atoms with Crippen LogP contribution in [0.3, 0.4) is 0 Å². The monoisotopic (exact) mass is 285 g/mol. The number of imidazole rings is 1. The van der Waals surface area contributed by atoms with Crippen molar-refractivity contribution in [2.24, 2.45) is 13.0 Å². The Bertz CT molecular complexity index is 632. The van der Waals surface area contributed by atoms with Crippen LogP contribution < -0.4 is 4.72 Å². The summed E-state index contributed by atoms with van der Waals surface area (Å²) in [7, 11) is -2.08. The topological polar surface area (TPSA) is 101 Å². The summed E-state index contributed by atoms with van der Waals surface area (Å²) in [6.07, 6.45) is 4.58. The van der Waals surface area contributed by atoms with Gasteiger partial charge in [-0.15, -0.1) is 0 Å². The Morgan fingerprint density at radius 1 is 1.53 bits per heavy atom. The van der Waals surface area contributed by atoms with Gasteiger partial charge in [0.25, 0.3) is 10.0 Å². The maximum absolute atomic E-state index is 12.1. The quantitative estimate of drug-likeness (QED) is 0.760. The first-order valence-corrected chi connectivity index (χ1v) is 7.21. The van der Waals surface area contributed by atoms with E-state index >= 15 is 0 Å². The molecule has 7 nitrogen and oxygen atoms in total. The summed E-state index contributed by atoms with van der Waals surface area (Å²) in [5, 5.41) is 8.92. The molecule has 2 atom stereocenters. The fraction of sp³-hybridized carbons (Fsp3) is 0.455. The van der Waals surface area contributed by atoms with Crippen LogP contribution in [0.1, 0.15) is 12.2 Å². The van der Waals surface area contributed by atoms with Crippen molar-refractivity contribution < 1.29 is 18.3 Å². The molecule has 0 spiro atoms. The third-order valence-electron chi connectivity index (χ3n) is 3.16. The number of aryl methyl sites for hydroxylation is 1. The zero-order valence-electron chi connectivity index (χ0n) is 10.6. The SMILES string of the molecule is Cc1ncc(S(=O)(=O)NC2C=CC(C(=O)O)C2)n1C. The average molecular weight is 285 g/mol. The van der Waals surface area contributed by atoms with Gasteiger partial charge < -0.3 is 9.67 Å². The normalized spacial score (nSPS) is 22.8. The first-order valence-electron chi connectivity index (χ1n) is 5.73. The molecule has 1 aromatic rings. The summed E-state index contributed by atoms with van der Waals surface area (Å²) in [6, 6.07) is -0.499. The van der Waals surface area contributed by atoms with E-state index in [1.807, 2.05) is 0 Å². The molecule has 0 fully saturated rings. The minimum Gasteiger partial charge on any atom is -0.481 e. The highest BCUT2D eigenvalue weighted by atomic mass is 32.2. The molecule has 0 saturated carbocycles. The third kappa shape index (κ3) is 2.69. The van der Waals surface area contributed by atoms with E-state index in [4.69, 9.17) is 5.11 Å². The fourth-order valence-electron chi connectivity index (χ4n) is 1.96. The Kier molecular flexibility index (Phi) is 3.46. The van der Waals surface area contributed by atoms with Crippen molar-refractivity contribution in [3.8, 4) is 0 Å². The van der Waals surface area contributed by atoms with E-state index in [9.17, 15) is 13.2 Å². The summed E-state index contributed by atoms with van der Waals surface area (Å²) >= 11 is 0. The number of nitrogens with zero attached hydrogens (tertiary/aromatic N) is 2. The van der Waals surface area contributed by atoms with Crippen molar-refractivity contribution in [3.63, 3.8) is 0 Å². The molecule has 0 radical (unpaired) electrons. The molecule has 1 heterocycles. The van der Waals surface area contributed by atoms with Gasteiger partial charge in [-0.25, -0.2) is 18.1 Å². The van der Waals surface area contributed by atoms with Crippen LogP contribution in [-0.2, 0) is 21.9 Å². The number of carboxylic acid groups (broad SMARTS) is 1. The van der Waals surface area contributed by atoms with E-state index < -0.39 is 28.0 Å². The Hall–Kier alpha value is -1.67. The van der Waals surface area contributed by atoms with Crippen LogP contribution in [0.2, 0.25) is 0 Å². The third-order valence-corrected chi connectivity index (χ3v) is 4.70. The Balaban J connectivity index is 2.14. The molecule has 8 heteroatoms. The number of hydrogen-bond donors (Lipinski definition) is 2. The smallest absolute Gasteiger partial charge is 0.310 e. The first kappa shape index (κ1) is 13.8. The molecular formula is C11H15N3O4S. The highest BCUT2D eigenvalue weighted by molar-refractivity contribution is 7.89. The van der Waals surface area contributed by atoms with Gasteiger partial charge in [0.2, 0.25) is 0 Å². The number of carboxylic acids is 1. The molecule has 19 heavy (non-hydrogen) atoms. The van der Waals surface area contributed by atoms with Crippen LogP contribution in [-0.4, -0.2) is 35.1 Å². The van der Waals surface area contributed by atoms with E-state index in [0.29, 0.717) is 5.82 Å². The second kappa shape index (κ2) is 4.78. The van der Waals surface area contributed by atoms with Crippen molar-refractivity contribution in [2.75, 3.05) is 0 Å². The second-order valence-electron chi connectivity index (χ2n) is 4.50. The maximum Gasteiger partial charge on any atom is 0.310 e. The minimum absolute atomic E-state index is 0.0668. The minimum atomic E-state index is -3.70. The van der Waals surface area contributed by atoms with E-state index in [-0.39, 0.29) is 11.4 Å². The molecule has 2 N–H and O–H groups in total. The summed E-state index contributed by atoms with van der Waals surface area (Å²) < 4.78 is 28.2. The van der Waals surface area contributed by atoms with Crippen LogP contribution in [0, 0.1) is 12.8 Å². The molecule has 1 aliphatic carbocycles. The predicted octanol–water partition coefficient (Wildman–Crippen LogP) is 0.0361. The highest BCUT2D eigenvalue weighted by Crippen LogP contribution is 2.20. The van der Waals surface area contributed by atoms with Gasteiger partial charge in [-0.2, -0.15) is 0 Å². The molecule has 2 rings (SSSR count). The van der Waals surface area contributed by atoms with Gasteiger partial charge in [-0.05, 0) is 13.3 Å². The fourth-order valence-corrected chi connectivity index (χ4v) is 3.34. The summed E-state index contributed by atoms with van der Waals surface area (Å²) in [5.41, 5.74) is 0. The average Bonchev–Trinajstić information content (AvgIpc) is 2.87. The lowest BCUT2D eigenvalue weighted by Crippen LogP contribution is -2.34. The van der Waals surface area contributed by atoms with Crippen LogP contribution in [0.15, 0.2) is 23.4 Å². The summed E-state index contributed by atoms with van der Waals surface area (Å²) in [5.74, 6) is -0.999. The van der Waals surface area contributed by atoms with Gasteiger partial charge in [-0.3, -0.25) is 4.79 Å². The number of aliphatic carboxylic acids is 1. The summed E-state index contributed by atoms with van der Waals surface area (Å²) in [4.78, 5) is 14.7. The highest BCUT2D eigenvalue weighted by Gasteiger charge is 2.29. The maximum atomic E-state index is 12.1. The lowest BCUT2D eigenvalue weighted by atomic mass is 10.1. The number of hydrogen-bond acceptors (Lipinski definition) is 4.